The molecule has 1 aliphatic rings. The van der Waals surface area contributed by atoms with Gasteiger partial charge in [0.2, 0.25) is 0 Å². The number of rotatable bonds is 7. The number of hydrogen-bond acceptors (Lipinski definition) is 4. The zero-order valence-corrected chi connectivity index (χ0v) is 15.3. The molecule has 134 valence electrons. The van der Waals surface area contributed by atoms with Crippen molar-refractivity contribution in [2.45, 2.75) is 20.3 Å². The van der Waals surface area contributed by atoms with Crippen molar-refractivity contribution < 1.29 is 9.47 Å². The fourth-order valence-corrected chi connectivity index (χ4v) is 3.06. The molecule has 0 bridgehead atoms. The highest BCUT2D eigenvalue weighted by Crippen LogP contribution is 2.31. The minimum absolute atomic E-state index is 0.524. The van der Waals surface area contributed by atoms with Gasteiger partial charge in [-0.05, 0) is 26.2 Å². The molecule has 2 rings (SSSR count). The second-order valence-corrected chi connectivity index (χ2v) is 6.04. The molecule has 1 aromatic carbocycles. The summed E-state index contributed by atoms with van der Waals surface area (Å²) >= 11 is 0. The zero-order chi connectivity index (χ0) is 17.5. The van der Waals surface area contributed by atoms with E-state index < -0.39 is 0 Å². The number of nitrogens with zero attached hydrogens (tertiary/aromatic N) is 3. The average Bonchev–Trinajstić information content (AvgIpc) is 3.09. The number of methoxy groups -OCH3 is 2. The number of ether oxygens (including phenoxy) is 2. The summed E-state index contributed by atoms with van der Waals surface area (Å²) in [6.07, 6.45) is 1.12. The van der Waals surface area contributed by atoms with Crippen LogP contribution in [0.1, 0.15) is 20.3 Å². The van der Waals surface area contributed by atoms with Gasteiger partial charge in [-0.15, -0.1) is 0 Å². The summed E-state index contributed by atoms with van der Waals surface area (Å²) in [4.78, 5) is 9.03. The molecule has 6 heteroatoms. The Morgan fingerprint density at radius 3 is 2.38 bits per heavy atom. The van der Waals surface area contributed by atoms with E-state index in [-0.39, 0.29) is 0 Å². The summed E-state index contributed by atoms with van der Waals surface area (Å²) in [5.74, 6) is 2.81. The second kappa shape index (κ2) is 8.66. The summed E-state index contributed by atoms with van der Waals surface area (Å²) in [5, 5.41) is 0. The van der Waals surface area contributed by atoms with Crippen molar-refractivity contribution in [3.05, 3.63) is 18.2 Å². The molecule has 24 heavy (non-hydrogen) atoms. The van der Waals surface area contributed by atoms with Gasteiger partial charge < -0.3 is 25.0 Å². The SMILES string of the molecule is CCN(CC)C(N)=NCC1CCN(c2cc(OC)cc(OC)c2)C1. The summed E-state index contributed by atoms with van der Waals surface area (Å²) in [5.41, 5.74) is 7.20. The Labute approximate surface area is 145 Å². The Balaban J connectivity index is 1.99. The summed E-state index contributed by atoms with van der Waals surface area (Å²) in [6, 6.07) is 6.00. The normalized spacial score (nSPS) is 17.9. The largest absolute Gasteiger partial charge is 0.497 e. The highest BCUT2D eigenvalue weighted by molar-refractivity contribution is 5.78. The quantitative estimate of drug-likeness (QED) is 0.612. The Kier molecular flexibility index (Phi) is 6.58. The molecule has 1 atom stereocenters. The van der Waals surface area contributed by atoms with E-state index in [1.807, 2.05) is 6.07 Å². The third-order valence-corrected chi connectivity index (χ3v) is 4.59. The lowest BCUT2D eigenvalue weighted by Gasteiger charge is -2.21. The monoisotopic (exact) mass is 334 g/mol. The van der Waals surface area contributed by atoms with Gasteiger partial charge in [0.05, 0.1) is 14.2 Å². The molecular formula is C18H30N4O2. The molecular weight excluding hydrogens is 304 g/mol. The first-order chi connectivity index (χ1) is 11.6. The van der Waals surface area contributed by atoms with Gasteiger partial charge in [-0.3, -0.25) is 4.99 Å². The fraction of sp³-hybridized carbons (Fsp3) is 0.611. The number of anilines is 1. The van der Waals surface area contributed by atoms with E-state index >= 15 is 0 Å². The van der Waals surface area contributed by atoms with E-state index in [1.54, 1.807) is 14.2 Å². The van der Waals surface area contributed by atoms with Crippen LogP contribution in [-0.4, -0.2) is 57.8 Å². The first-order valence-corrected chi connectivity index (χ1v) is 8.64. The third-order valence-electron chi connectivity index (χ3n) is 4.59. The third kappa shape index (κ3) is 4.46. The molecule has 6 nitrogen and oxygen atoms in total. The van der Waals surface area contributed by atoms with Crippen LogP contribution in [0.3, 0.4) is 0 Å². The van der Waals surface area contributed by atoms with Gasteiger partial charge in [-0.2, -0.15) is 0 Å². The smallest absolute Gasteiger partial charge is 0.191 e. The van der Waals surface area contributed by atoms with Crippen LogP contribution >= 0.6 is 0 Å². The maximum absolute atomic E-state index is 6.07. The Hall–Kier alpha value is -2.11. The Morgan fingerprint density at radius 2 is 1.83 bits per heavy atom. The molecule has 1 saturated heterocycles. The van der Waals surface area contributed by atoms with Crippen molar-refractivity contribution in [3.63, 3.8) is 0 Å². The summed E-state index contributed by atoms with van der Waals surface area (Å²) in [7, 11) is 3.35. The number of hydrogen-bond donors (Lipinski definition) is 1. The predicted molar refractivity (Wildman–Crippen MR) is 99.3 cm³/mol. The van der Waals surface area contributed by atoms with Gasteiger partial charge in [-0.1, -0.05) is 0 Å². The topological polar surface area (TPSA) is 63.3 Å². The molecule has 1 unspecified atom stereocenters. The maximum atomic E-state index is 6.07. The molecule has 2 N–H and O–H groups in total. The van der Waals surface area contributed by atoms with Crippen molar-refractivity contribution in [2.24, 2.45) is 16.6 Å². The number of benzene rings is 1. The van der Waals surface area contributed by atoms with E-state index in [9.17, 15) is 0 Å². The number of nitrogens with two attached hydrogens (primary N) is 1. The number of guanidine groups is 1. The van der Waals surface area contributed by atoms with E-state index in [0.717, 1.165) is 56.3 Å². The van der Waals surface area contributed by atoms with Crippen LogP contribution in [-0.2, 0) is 0 Å². The summed E-state index contributed by atoms with van der Waals surface area (Å²) in [6.45, 7) is 8.75. The van der Waals surface area contributed by atoms with Gasteiger partial charge in [0.1, 0.15) is 11.5 Å². The van der Waals surface area contributed by atoms with Crippen molar-refractivity contribution >= 4 is 11.6 Å². The van der Waals surface area contributed by atoms with Gasteiger partial charge in [0.25, 0.3) is 0 Å². The van der Waals surface area contributed by atoms with Crippen LogP contribution in [0.5, 0.6) is 11.5 Å². The van der Waals surface area contributed by atoms with Crippen molar-refractivity contribution in [3.8, 4) is 11.5 Å². The molecule has 0 aliphatic carbocycles. The van der Waals surface area contributed by atoms with Crippen LogP contribution in [0.4, 0.5) is 5.69 Å². The van der Waals surface area contributed by atoms with Crippen LogP contribution in [0.15, 0.2) is 23.2 Å². The molecule has 0 amide bonds. The van der Waals surface area contributed by atoms with Gasteiger partial charge in [-0.25, -0.2) is 0 Å². The lowest BCUT2D eigenvalue weighted by atomic mass is 10.1. The van der Waals surface area contributed by atoms with Crippen molar-refractivity contribution in [1.82, 2.24) is 4.90 Å². The minimum atomic E-state index is 0.524. The molecule has 0 aromatic heterocycles. The van der Waals surface area contributed by atoms with Crippen molar-refractivity contribution in [1.29, 1.82) is 0 Å². The van der Waals surface area contributed by atoms with E-state index in [4.69, 9.17) is 15.2 Å². The van der Waals surface area contributed by atoms with Gasteiger partial charge >= 0.3 is 0 Å². The molecule has 1 fully saturated rings. The lowest BCUT2D eigenvalue weighted by Crippen LogP contribution is -2.37. The Morgan fingerprint density at radius 1 is 1.21 bits per heavy atom. The molecule has 1 aliphatic heterocycles. The molecule has 0 spiro atoms. The fourth-order valence-electron chi connectivity index (χ4n) is 3.06. The number of aliphatic imine (C=N–C) groups is 1. The van der Waals surface area contributed by atoms with Crippen LogP contribution < -0.4 is 20.1 Å². The first kappa shape index (κ1) is 18.2. The average molecular weight is 334 g/mol. The lowest BCUT2D eigenvalue weighted by molar-refractivity contribution is 0.394. The standard InChI is InChI=1S/C18H30N4O2/c1-5-21(6-2)18(19)20-12-14-7-8-22(13-14)15-9-16(23-3)11-17(10-15)24-4/h9-11,14H,5-8,12-13H2,1-4H3,(H2,19,20). The van der Waals surface area contributed by atoms with E-state index in [2.05, 4.69) is 40.8 Å². The predicted octanol–water partition coefficient (Wildman–Crippen LogP) is 2.19. The molecule has 0 saturated carbocycles. The molecule has 1 heterocycles. The zero-order valence-electron chi connectivity index (χ0n) is 15.3. The first-order valence-electron chi connectivity index (χ1n) is 8.64. The van der Waals surface area contributed by atoms with Crippen LogP contribution in [0.25, 0.3) is 0 Å². The molecule has 0 radical (unpaired) electrons. The van der Waals surface area contributed by atoms with E-state index in [1.165, 1.54) is 0 Å². The highest BCUT2D eigenvalue weighted by Gasteiger charge is 2.23. The Bertz CT molecular complexity index is 536. The van der Waals surface area contributed by atoms with Gasteiger partial charge in [0, 0.05) is 56.6 Å². The van der Waals surface area contributed by atoms with Crippen LogP contribution in [0, 0.1) is 5.92 Å². The highest BCUT2D eigenvalue weighted by atomic mass is 16.5. The summed E-state index contributed by atoms with van der Waals surface area (Å²) < 4.78 is 10.7. The minimum Gasteiger partial charge on any atom is -0.497 e. The molecule has 1 aromatic rings. The second-order valence-electron chi connectivity index (χ2n) is 6.04. The van der Waals surface area contributed by atoms with Gasteiger partial charge in [0.15, 0.2) is 5.96 Å². The van der Waals surface area contributed by atoms with Crippen molar-refractivity contribution in [2.75, 3.05) is 51.8 Å². The van der Waals surface area contributed by atoms with E-state index in [0.29, 0.717) is 11.9 Å². The maximum Gasteiger partial charge on any atom is 0.191 e. The van der Waals surface area contributed by atoms with Crippen LogP contribution in [0.2, 0.25) is 0 Å².